The molecule has 1 aromatic carbocycles. The Kier molecular flexibility index (Phi) is 4.85. The molecule has 5 atom stereocenters. The summed E-state index contributed by atoms with van der Waals surface area (Å²) < 4.78 is 35.0. The highest BCUT2D eigenvalue weighted by molar-refractivity contribution is 6.31. The van der Waals surface area contributed by atoms with Crippen LogP contribution in [0.3, 0.4) is 0 Å². The molecule has 0 unspecified atom stereocenters. The maximum absolute atomic E-state index is 13.1. The van der Waals surface area contributed by atoms with Crippen LogP contribution < -0.4 is 10.1 Å². The van der Waals surface area contributed by atoms with Crippen LogP contribution in [0.25, 0.3) is 0 Å². The van der Waals surface area contributed by atoms with Gasteiger partial charge in [0.25, 0.3) is 5.91 Å². The van der Waals surface area contributed by atoms with Crippen molar-refractivity contribution in [1.82, 2.24) is 0 Å². The number of ether oxygens (including phenoxy) is 6. The largest absolute Gasteiger partial charge is 0.495 e. The standard InChI is InChI=1S/C19H24ClNO7/c1-18(2)25-12-13(26-18)15-17(28-19(3,4)27-15)24-14(12)16(22)21-10-8-9(20)6-7-11(10)23-5/h6-8,12-15,17H,1-5H3,(H,21,22)/t12-,13+,14+,15+,17-/m0/s1. The Bertz CT molecular complexity index is 784. The van der Waals surface area contributed by atoms with Crippen LogP contribution in [-0.2, 0) is 28.5 Å². The van der Waals surface area contributed by atoms with E-state index in [-0.39, 0.29) is 0 Å². The fourth-order valence-electron chi connectivity index (χ4n) is 3.81. The van der Waals surface area contributed by atoms with Crippen molar-refractivity contribution in [2.24, 2.45) is 0 Å². The minimum Gasteiger partial charge on any atom is -0.495 e. The van der Waals surface area contributed by atoms with Gasteiger partial charge in [0, 0.05) is 5.02 Å². The highest BCUT2D eigenvalue weighted by Gasteiger charge is 2.62. The monoisotopic (exact) mass is 413 g/mol. The van der Waals surface area contributed by atoms with Crippen LogP contribution in [0.15, 0.2) is 18.2 Å². The number of rotatable bonds is 3. The van der Waals surface area contributed by atoms with E-state index >= 15 is 0 Å². The first-order valence-corrected chi connectivity index (χ1v) is 9.47. The number of nitrogens with one attached hydrogen (secondary N) is 1. The zero-order valence-electron chi connectivity index (χ0n) is 16.4. The van der Waals surface area contributed by atoms with E-state index in [0.717, 1.165) is 0 Å². The minimum absolute atomic E-state index is 0.413. The quantitative estimate of drug-likeness (QED) is 0.815. The molecule has 154 valence electrons. The predicted octanol–water partition coefficient (Wildman–Crippen LogP) is 2.68. The van der Waals surface area contributed by atoms with E-state index in [2.05, 4.69) is 5.32 Å². The van der Waals surface area contributed by atoms with E-state index in [1.165, 1.54) is 7.11 Å². The minimum atomic E-state index is -0.964. The van der Waals surface area contributed by atoms with Gasteiger partial charge in [0.15, 0.2) is 24.0 Å². The average Bonchev–Trinajstić information content (AvgIpc) is 3.08. The van der Waals surface area contributed by atoms with Gasteiger partial charge < -0.3 is 33.7 Å². The topological polar surface area (TPSA) is 84.5 Å². The van der Waals surface area contributed by atoms with Gasteiger partial charge in [-0.2, -0.15) is 0 Å². The first-order valence-electron chi connectivity index (χ1n) is 9.10. The number of halogens is 1. The Labute approximate surface area is 168 Å². The first kappa shape index (κ1) is 19.9. The van der Waals surface area contributed by atoms with Crippen molar-refractivity contribution in [1.29, 1.82) is 0 Å². The Hall–Kier alpha value is -1.42. The van der Waals surface area contributed by atoms with Crippen LogP contribution >= 0.6 is 11.6 Å². The second kappa shape index (κ2) is 6.83. The van der Waals surface area contributed by atoms with Crippen molar-refractivity contribution in [2.45, 2.75) is 70.0 Å². The molecule has 1 amide bonds. The van der Waals surface area contributed by atoms with E-state index in [4.69, 9.17) is 40.0 Å². The summed E-state index contributed by atoms with van der Waals surface area (Å²) in [5.74, 6) is -1.66. The van der Waals surface area contributed by atoms with Gasteiger partial charge >= 0.3 is 0 Å². The van der Waals surface area contributed by atoms with Crippen LogP contribution in [0.4, 0.5) is 5.69 Å². The number of amides is 1. The molecule has 0 bridgehead atoms. The summed E-state index contributed by atoms with van der Waals surface area (Å²) in [6.07, 6.45) is -3.36. The molecule has 4 rings (SSSR count). The molecule has 3 heterocycles. The fourth-order valence-corrected chi connectivity index (χ4v) is 3.98. The molecule has 0 aliphatic carbocycles. The van der Waals surface area contributed by atoms with Crippen molar-refractivity contribution >= 4 is 23.2 Å². The summed E-state index contributed by atoms with van der Waals surface area (Å²) in [4.78, 5) is 13.1. The average molecular weight is 414 g/mol. The number of hydrogen-bond donors (Lipinski definition) is 1. The van der Waals surface area contributed by atoms with Gasteiger partial charge in [-0.1, -0.05) is 11.6 Å². The maximum Gasteiger partial charge on any atom is 0.256 e. The van der Waals surface area contributed by atoms with Gasteiger partial charge in [0.05, 0.1) is 12.8 Å². The lowest BCUT2D eigenvalue weighted by atomic mass is 9.98. The van der Waals surface area contributed by atoms with Gasteiger partial charge in [-0.15, -0.1) is 0 Å². The van der Waals surface area contributed by atoms with Crippen molar-refractivity contribution in [2.75, 3.05) is 12.4 Å². The first-order chi connectivity index (χ1) is 13.1. The fraction of sp³-hybridized carbons (Fsp3) is 0.632. The van der Waals surface area contributed by atoms with Crippen LogP contribution in [0.5, 0.6) is 5.75 Å². The number of methoxy groups -OCH3 is 1. The molecule has 0 radical (unpaired) electrons. The number of fused-ring (bicyclic) bond motifs is 3. The zero-order chi connectivity index (χ0) is 20.3. The summed E-state index contributed by atoms with van der Waals surface area (Å²) in [6.45, 7) is 7.15. The lowest BCUT2D eigenvalue weighted by molar-refractivity contribution is -0.229. The van der Waals surface area contributed by atoms with Gasteiger partial charge in [-0.25, -0.2) is 0 Å². The third-order valence-corrected chi connectivity index (χ3v) is 5.07. The molecule has 28 heavy (non-hydrogen) atoms. The lowest BCUT2D eigenvalue weighted by Gasteiger charge is -2.36. The molecule has 8 nitrogen and oxygen atoms in total. The van der Waals surface area contributed by atoms with Crippen molar-refractivity contribution in [3.63, 3.8) is 0 Å². The summed E-state index contributed by atoms with van der Waals surface area (Å²) in [6, 6.07) is 4.96. The molecule has 3 aliphatic heterocycles. The maximum atomic E-state index is 13.1. The summed E-state index contributed by atoms with van der Waals surface area (Å²) in [5.41, 5.74) is 0.435. The third-order valence-electron chi connectivity index (χ3n) is 4.83. The van der Waals surface area contributed by atoms with Gasteiger partial charge in [0.2, 0.25) is 0 Å². The SMILES string of the molecule is COc1ccc(Cl)cc1NC(=O)[C@@H]1O[C@H]2OC(C)(C)O[C@@H]2[C@@H]2OC(C)(C)O[C@@H]21. The van der Waals surface area contributed by atoms with E-state index in [0.29, 0.717) is 16.5 Å². The summed E-state index contributed by atoms with van der Waals surface area (Å²) in [7, 11) is 1.51. The highest BCUT2D eigenvalue weighted by Crippen LogP contribution is 2.44. The van der Waals surface area contributed by atoms with E-state index in [1.54, 1.807) is 45.9 Å². The Morgan fingerprint density at radius 2 is 1.68 bits per heavy atom. The number of benzene rings is 1. The van der Waals surface area contributed by atoms with Crippen LogP contribution in [0.1, 0.15) is 27.7 Å². The van der Waals surface area contributed by atoms with E-state index in [1.807, 2.05) is 0 Å². The molecule has 3 fully saturated rings. The normalized spacial score (nSPS) is 35.1. The second-order valence-corrected chi connectivity index (χ2v) is 8.36. The number of carbonyl (C=O) groups is 1. The van der Waals surface area contributed by atoms with Crippen molar-refractivity contribution < 1.29 is 33.2 Å². The Balaban J connectivity index is 1.60. The third kappa shape index (κ3) is 3.60. The lowest BCUT2D eigenvalue weighted by Crippen LogP contribution is -2.58. The smallest absolute Gasteiger partial charge is 0.256 e. The molecular formula is C19H24ClNO7. The number of anilines is 1. The van der Waals surface area contributed by atoms with Crippen molar-refractivity contribution in [3.8, 4) is 5.75 Å². The van der Waals surface area contributed by atoms with Crippen LogP contribution in [0, 0.1) is 0 Å². The highest BCUT2D eigenvalue weighted by atomic mass is 35.5. The van der Waals surface area contributed by atoms with E-state index in [9.17, 15) is 4.79 Å². The van der Waals surface area contributed by atoms with Gasteiger partial charge in [-0.3, -0.25) is 4.79 Å². The molecule has 1 N–H and O–H groups in total. The van der Waals surface area contributed by atoms with Crippen molar-refractivity contribution in [3.05, 3.63) is 23.2 Å². The van der Waals surface area contributed by atoms with E-state index < -0.39 is 48.2 Å². The molecule has 1 aromatic rings. The predicted molar refractivity (Wildman–Crippen MR) is 99.2 cm³/mol. The summed E-state index contributed by atoms with van der Waals surface area (Å²) >= 11 is 6.05. The molecule has 3 saturated heterocycles. The molecule has 9 heteroatoms. The van der Waals surface area contributed by atoms with Crippen LogP contribution in [0.2, 0.25) is 5.02 Å². The van der Waals surface area contributed by atoms with Crippen LogP contribution in [-0.4, -0.2) is 55.3 Å². The molecule has 3 aliphatic rings. The molecule has 0 saturated carbocycles. The molecular weight excluding hydrogens is 390 g/mol. The second-order valence-electron chi connectivity index (χ2n) is 7.92. The Morgan fingerprint density at radius 3 is 2.39 bits per heavy atom. The zero-order valence-corrected chi connectivity index (χ0v) is 17.1. The number of hydrogen-bond acceptors (Lipinski definition) is 7. The van der Waals surface area contributed by atoms with Gasteiger partial charge in [0.1, 0.15) is 24.1 Å². The summed E-state index contributed by atoms with van der Waals surface area (Å²) in [5, 5.41) is 3.27. The van der Waals surface area contributed by atoms with Gasteiger partial charge in [-0.05, 0) is 45.9 Å². The Morgan fingerprint density at radius 1 is 1.04 bits per heavy atom. The molecule has 0 spiro atoms. The number of carbonyl (C=O) groups excluding carboxylic acids is 1. The molecule has 0 aromatic heterocycles.